The summed E-state index contributed by atoms with van der Waals surface area (Å²) in [7, 11) is 0. The summed E-state index contributed by atoms with van der Waals surface area (Å²) in [6, 6.07) is 0. The molecule has 32 valence electrons. The summed E-state index contributed by atoms with van der Waals surface area (Å²) in [6.07, 6.45) is 0.104. The monoisotopic (exact) mass is 81.1 g/mol. The van der Waals surface area contributed by atoms with E-state index in [-0.39, 0.29) is 6.42 Å². The first-order valence-electron chi connectivity index (χ1n) is 1.63. The third-order valence-electron chi connectivity index (χ3n) is 0.354. The highest BCUT2D eigenvalue weighted by Crippen LogP contribution is 1.97. The van der Waals surface area contributed by atoms with E-state index in [0.717, 1.165) is 0 Å². The van der Waals surface area contributed by atoms with Crippen LogP contribution in [0.3, 0.4) is 0 Å². The van der Waals surface area contributed by atoms with Crippen LogP contribution in [0.4, 0.5) is 0 Å². The Bertz CT molecular complexity index is 33.7. The molecule has 0 rings (SSSR count). The predicted molar refractivity (Wildman–Crippen MR) is 24.4 cm³/mol. The van der Waals surface area contributed by atoms with Gasteiger partial charge in [-0.15, -0.1) is 0 Å². The van der Waals surface area contributed by atoms with E-state index in [1.54, 1.807) is 0 Å². The van der Waals surface area contributed by atoms with Gasteiger partial charge in [-0.05, 0) is 27.2 Å². The van der Waals surface area contributed by atoms with Gasteiger partial charge in [0.2, 0.25) is 0 Å². The summed E-state index contributed by atoms with van der Waals surface area (Å²) in [5, 5.41) is 0. The Morgan fingerprint density at radius 3 is 1.67 bits per heavy atom. The van der Waals surface area contributed by atoms with Gasteiger partial charge in [-0.3, -0.25) is 0 Å². The molecule has 0 saturated carbocycles. The van der Waals surface area contributed by atoms with Crippen LogP contribution < -0.4 is 5.73 Å². The van der Waals surface area contributed by atoms with E-state index in [4.69, 9.17) is 26.5 Å². The molecule has 2 N–H and O–H groups in total. The van der Waals surface area contributed by atoms with E-state index >= 15 is 0 Å². The SMILES string of the molecule is [CH]CC([CH])([CH])N. The lowest BCUT2D eigenvalue weighted by atomic mass is 10.1. The van der Waals surface area contributed by atoms with Gasteiger partial charge in [0.1, 0.15) is 0 Å². The molecule has 0 aromatic carbocycles. The quantitative estimate of drug-likeness (QED) is 0.479. The predicted octanol–water partition coefficient (Wildman–Crippen LogP) is 0.207. The number of nitrogens with two attached hydrogens (primary N) is 1. The van der Waals surface area contributed by atoms with Gasteiger partial charge in [0.05, 0.1) is 0 Å². The van der Waals surface area contributed by atoms with E-state index in [1.165, 1.54) is 0 Å². The lowest BCUT2D eigenvalue weighted by Crippen LogP contribution is -2.31. The molecule has 6 radical (unpaired) electrons. The third kappa shape index (κ3) is 3.96. The Balaban J connectivity index is 3.17. The van der Waals surface area contributed by atoms with Crippen LogP contribution in [-0.2, 0) is 0 Å². The lowest BCUT2D eigenvalue weighted by molar-refractivity contribution is 0.655. The molecule has 1 nitrogen and oxygen atoms in total. The topological polar surface area (TPSA) is 26.0 Å². The van der Waals surface area contributed by atoms with E-state index in [2.05, 4.69) is 0 Å². The van der Waals surface area contributed by atoms with Crippen molar-refractivity contribution >= 4 is 0 Å². The maximum absolute atomic E-state index is 4.97. The second kappa shape index (κ2) is 1.61. The van der Waals surface area contributed by atoms with Crippen molar-refractivity contribution in [1.29, 1.82) is 0 Å². The smallest absolute Gasteiger partial charge is 0.0228 e. The van der Waals surface area contributed by atoms with E-state index in [0.29, 0.717) is 0 Å². The first kappa shape index (κ1) is 5.96. The highest BCUT2D eigenvalue weighted by molar-refractivity contribution is 4.89. The van der Waals surface area contributed by atoms with Gasteiger partial charge in [-0.1, -0.05) is 0 Å². The minimum atomic E-state index is -1.18. The van der Waals surface area contributed by atoms with Crippen LogP contribution in [0.1, 0.15) is 6.42 Å². The van der Waals surface area contributed by atoms with Crippen LogP contribution in [0, 0.1) is 20.8 Å². The van der Waals surface area contributed by atoms with E-state index < -0.39 is 5.54 Å². The second-order valence-corrected chi connectivity index (χ2v) is 1.32. The zero-order valence-electron chi connectivity index (χ0n) is 3.52. The fourth-order valence-corrected chi connectivity index (χ4v) is 0. The summed E-state index contributed by atoms with van der Waals surface area (Å²) in [4.78, 5) is 0. The molecule has 0 aliphatic carbocycles. The summed E-state index contributed by atoms with van der Waals surface area (Å²) < 4.78 is 0. The second-order valence-electron chi connectivity index (χ2n) is 1.32. The summed E-state index contributed by atoms with van der Waals surface area (Å²) in [5.74, 6) is 0. The molecule has 0 fully saturated rings. The molecule has 0 amide bonds. The van der Waals surface area contributed by atoms with Crippen molar-refractivity contribution in [2.45, 2.75) is 12.0 Å². The molecule has 6 heavy (non-hydrogen) atoms. The van der Waals surface area contributed by atoms with Crippen molar-refractivity contribution in [3.8, 4) is 0 Å². The Morgan fingerprint density at radius 1 is 1.50 bits per heavy atom. The highest BCUT2D eigenvalue weighted by atomic mass is 14.7. The largest absolute Gasteiger partial charge is 0.325 e. The zero-order chi connectivity index (χ0) is 5.21. The Hall–Kier alpha value is -0.0400. The molecule has 0 heterocycles. The molecule has 0 aliphatic heterocycles. The van der Waals surface area contributed by atoms with Gasteiger partial charge in [0.25, 0.3) is 0 Å². The summed E-state index contributed by atoms with van der Waals surface area (Å²) in [6.45, 7) is 14.9. The molecule has 0 unspecified atom stereocenters. The average molecular weight is 81.1 g/mol. The lowest BCUT2D eigenvalue weighted by Gasteiger charge is -2.11. The number of hydrogen-bond acceptors (Lipinski definition) is 1. The van der Waals surface area contributed by atoms with Crippen LogP contribution in [0.5, 0.6) is 0 Å². The fourth-order valence-electron chi connectivity index (χ4n) is 0. The molecule has 0 saturated heterocycles. The van der Waals surface area contributed by atoms with Gasteiger partial charge < -0.3 is 5.73 Å². The molecule has 0 spiro atoms. The summed E-state index contributed by atoms with van der Waals surface area (Å²) in [5.41, 5.74) is 3.78. The molecule has 0 bridgehead atoms. The Kier molecular flexibility index (Phi) is 1.59. The van der Waals surface area contributed by atoms with Crippen LogP contribution >= 0.6 is 0 Å². The van der Waals surface area contributed by atoms with E-state index in [1.807, 2.05) is 0 Å². The van der Waals surface area contributed by atoms with Crippen LogP contribution in [-0.4, -0.2) is 5.54 Å². The van der Waals surface area contributed by atoms with Gasteiger partial charge in [0.15, 0.2) is 0 Å². The van der Waals surface area contributed by atoms with Gasteiger partial charge in [0, 0.05) is 5.54 Å². The first-order chi connectivity index (χ1) is 2.56. The molecule has 0 aromatic heterocycles. The fraction of sp³-hybridized carbons (Fsp3) is 0.400. The standard InChI is InChI=1S/C5H7N/c1-4-5(2,3)6/h1-3H,4,6H2. The van der Waals surface area contributed by atoms with Crippen LogP contribution in [0.25, 0.3) is 0 Å². The normalized spacial score (nSPS) is 12.0. The van der Waals surface area contributed by atoms with Crippen LogP contribution in [0.15, 0.2) is 0 Å². The van der Waals surface area contributed by atoms with E-state index in [9.17, 15) is 0 Å². The van der Waals surface area contributed by atoms with Crippen molar-refractivity contribution < 1.29 is 0 Å². The third-order valence-corrected chi connectivity index (χ3v) is 0.354. The molecule has 0 atom stereocenters. The zero-order valence-corrected chi connectivity index (χ0v) is 3.52. The van der Waals surface area contributed by atoms with Gasteiger partial charge in [-0.2, -0.15) is 0 Å². The van der Waals surface area contributed by atoms with Crippen molar-refractivity contribution in [2.24, 2.45) is 5.73 Å². The molecular weight excluding hydrogens is 74.1 g/mol. The molecular formula is C5H7N. The minimum absolute atomic E-state index is 0.104. The first-order valence-corrected chi connectivity index (χ1v) is 1.63. The Morgan fingerprint density at radius 2 is 1.67 bits per heavy atom. The van der Waals surface area contributed by atoms with Crippen molar-refractivity contribution in [3.63, 3.8) is 0 Å². The maximum atomic E-state index is 4.97. The van der Waals surface area contributed by atoms with Gasteiger partial charge in [-0.25, -0.2) is 0 Å². The van der Waals surface area contributed by atoms with Gasteiger partial charge >= 0.3 is 0 Å². The highest BCUT2D eigenvalue weighted by Gasteiger charge is 2.05. The number of rotatable bonds is 1. The Labute approximate surface area is 39.5 Å². The van der Waals surface area contributed by atoms with Crippen LogP contribution in [0.2, 0.25) is 0 Å². The van der Waals surface area contributed by atoms with Crippen molar-refractivity contribution in [2.75, 3.05) is 0 Å². The van der Waals surface area contributed by atoms with Crippen molar-refractivity contribution in [3.05, 3.63) is 20.8 Å². The summed E-state index contributed by atoms with van der Waals surface area (Å²) >= 11 is 0. The molecule has 0 aromatic rings. The van der Waals surface area contributed by atoms with Crippen molar-refractivity contribution in [1.82, 2.24) is 0 Å². The minimum Gasteiger partial charge on any atom is -0.325 e. The number of hydrogen-bond donors (Lipinski definition) is 1. The molecule has 1 heteroatoms. The average Bonchev–Trinajstić information content (AvgIpc) is 1.35. The maximum Gasteiger partial charge on any atom is 0.0228 e. The molecule has 0 aliphatic rings.